The Morgan fingerprint density at radius 2 is 1.85 bits per heavy atom. The molecule has 4 rings (SSSR count). The fraction of sp³-hybridized carbons (Fsp3) is 0.458. The summed E-state index contributed by atoms with van der Waals surface area (Å²) in [7, 11) is 0. The molecule has 33 heavy (non-hydrogen) atoms. The fourth-order valence-electron chi connectivity index (χ4n) is 4.19. The number of phenols is 2. The van der Waals surface area contributed by atoms with Gasteiger partial charge in [-0.15, -0.1) is 0 Å². The van der Waals surface area contributed by atoms with Gasteiger partial charge in [0.1, 0.15) is 17.1 Å². The lowest BCUT2D eigenvalue weighted by molar-refractivity contribution is 0.0947. The van der Waals surface area contributed by atoms with Gasteiger partial charge >= 0.3 is 0 Å². The zero-order valence-corrected chi connectivity index (χ0v) is 19.2. The predicted molar refractivity (Wildman–Crippen MR) is 122 cm³/mol. The minimum Gasteiger partial charge on any atom is -0.508 e. The van der Waals surface area contributed by atoms with Gasteiger partial charge in [0.25, 0.3) is 5.91 Å². The molecule has 0 atom stereocenters. The summed E-state index contributed by atoms with van der Waals surface area (Å²) < 4.78 is 11.2. The Morgan fingerprint density at radius 3 is 2.55 bits per heavy atom. The first-order valence-corrected chi connectivity index (χ1v) is 11.4. The van der Waals surface area contributed by atoms with Gasteiger partial charge in [-0.25, -0.2) is 0 Å². The molecule has 0 unspecified atom stereocenters. The van der Waals surface area contributed by atoms with E-state index >= 15 is 0 Å². The molecule has 0 aliphatic carbocycles. The molecule has 1 aliphatic heterocycles. The van der Waals surface area contributed by atoms with E-state index in [0.29, 0.717) is 35.5 Å². The van der Waals surface area contributed by atoms with Crippen molar-refractivity contribution < 1.29 is 24.1 Å². The molecule has 1 aliphatic rings. The van der Waals surface area contributed by atoms with Crippen molar-refractivity contribution in [3.63, 3.8) is 0 Å². The Balaban J connectivity index is 1.78. The van der Waals surface area contributed by atoms with Gasteiger partial charge in [-0.05, 0) is 50.4 Å². The summed E-state index contributed by atoms with van der Waals surface area (Å²) >= 11 is 0. The van der Waals surface area contributed by atoms with Crippen LogP contribution in [0.3, 0.4) is 0 Å². The van der Waals surface area contributed by atoms with E-state index in [1.807, 2.05) is 20.8 Å². The van der Waals surface area contributed by atoms with Crippen LogP contribution in [0.15, 0.2) is 27.2 Å². The van der Waals surface area contributed by atoms with Crippen LogP contribution in [0, 0.1) is 0 Å². The third-order valence-electron chi connectivity index (χ3n) is 5.90. The maximum Gasteiger partial charge on any atom is 0.274 e. The van der Waals surface area contributed by atoms with E-state index in [1.165, 1.54) is 25.3 Å². The third kappa shape index (κ3) is 4.73. The first-order valence-electron chi connectivity index (χ1n) is 11.4. The molecule has 3 heterocycles. The van der Waals surface area contributed by atoms with Crippen LogP contribution in [-0.2, 0) is 6.54 Å². The van der Waals surface area contributed by atoms with E-state index in [-0.39, 0.29) is 28.9 Å². The SMILES string of the molecule is CCNC(=O)c1noc(-c2cc(C(C)C)c(O)cc2O)c1-c1cc(CN2CCCCC2)no1. The average molecular weight is 455 g/mol. The topological polar surface area (TPSA) is 125 Å². The molecule has 3 N–H and O–H groups in total. The second-order valence-corrected chi connectivity index (χ2v) is 8.70. The number of aromatic nitrogens is 2. The van der Waals surface area contributed by atoms with Gasteiger partial charge in [-0.3, -0.25) is 9.69 Å². The fourth-order valence-corrected chi connectivity index (χ4v) is 4.19. The summed E-state index contributed by atoms with van der Waals surface area (Å²) in [6.45, 7) is 8.78. The number of aromatic hydroxyl groups is 2. The lowest BCUT2D eigenvalue weighted by Crippen LogP contribution is -2.29. The van der Waals surface area contributed by atoms with Crippen molar-refractivity contribution in [2.24, 2.45) is 0 Å². The zero-order chi connectivity index (χ0) is 23.5. The molecule has 0 radical (unpaired) electrons. The van der Waals surface area contributed by atoms with Crippen molar-refractivity contribution in [2.45, 2.75) is 52.5 Å². The highest BCUT2D eigenvalue weighted by Gasteiger charge is 2.29. The molecule has 0 saturated carbocycles. The van der Waals surface area contributed by atoms with Crippen LogP contribution in [0.4, 0.5) is 0 Å². The van der Waals surface area contributed by atoms with Crippen molar-refractivity contribution >= 4 is 5.91 Å². The molecule has 9 nitrogen and oxygen atoms in total. The average Bonchev–Trinajstić information content (AvgIpc) is 3.41. The monoisotopic (exact) mass is 454 g/mol. The first-order chi connectivity index (χ1) is 15.9. The van der Waals surface area contributed by atoms with Crippen molar-refractivity contribution in [2.75, 3.05) is 19.6 Å². The molecule has 9 heteroatoms. The highest BCUT2D eigenvalue weighted by Crippen LogP contribution is 2.43. The van der Waals surface area contributed by atoms with Crippen LogP contribution in [0.5, 0.6) is 11.5 Å². The Kier molecular flexibility index (Phi) is 6.69. The second kappa shape index (κ2) is 9.66. The molecular weight excluding hydrogens is 424 g/mol. The minimum absolute atomic E-state index is 0.00000628. The van der Waals surface area contributed by atoms with Gasteiger partial charge in [-0.1, -0.05) is 30.6 Å². The normalized spacial score (nSPS) is 14.7. The molecule has 2 aromatic heterocycles. The largest absolute Gasteiger partial charge is 0.508 e. The summed E-state index contributed by atoms with van der Waals surface area (Å²) in [4.78, 5) is 15.0. The van der Waals surface area contributed by atoms with Gasteiger partial charge in [0.05, 0.1) is 11.3 Å². The number of carbonyl (C=O) groups excluding carboxylic acids is 1. The second-order valence-electron chi connectivity index (χ2n) is 8.70. The summed E-state index contributed by atoms with van der Waals surface area (Å²) in [5.74, 6) is -0.113. The number of piperidine rings is 1. The lowest BCUT2D eigenvalue weighted by Gasteiger charge is -2.25. The number of benzene rings is 1. The summed E-state index contributed by atoms with van der Waals surface area (Å²) in [6, 6.07) is 4.70. The number of hydrogen-bond donors (Lipinski definition) is 3. The lowest BCUT2D eigenvalue weighted by atomic mass is 9.95. The highest BCUT2D eigenvalue weighted by atomic mass is 16.5. The maximum absolute atomic E-state index is 12.7. The van der Waals surface area contributed by atoms with E-state index in [9.17, 15) is 15.0 Å². The summed E-state index contributed by atoms with van der Waals surface area (Å²) in [5.41, 5.74) is 2.05. The molecule has 3 aromatic rings. The number of amides is 1. The van der Waals surface area contributed by atoms with Gasteiger partial charge < -0.3 is 24.6 Å². The van der Waals surface area contributed by atoms with Gasteiger partial charge in [0.2, 0.25) is 0 Å². The highest BCUT2D eigenvalue weighted by molar-refractivity contribution is 6.01. The maximum atomic E-state index is 12.7. The quantitative estimate of drug-likeness (QED) is 0.483. The molecule has 1 saturated heterocycles. The summed E-state index contributed by atoms with van der Waals surface area (Å²) in [5, 5.41) is 31.8. The van der Waals surface area contributed by atoms with Gasteiger partial charge in [0, 0.05) is 25.2 Å². The van der Waals surface area contributed by atoms with Crippen LogP contribution in [0.2, 0.25) is 0 Å². The van der Waals surface area contributed by atoms with Crippen LogP contribution in [0.25, 0.3) is 22.6 Å². The number of rotatable bonds is 7. The van der Waals surface area contributed by atoms with Crippen molar-refractivity contribution in [3.05, 3.63) is 35.2 Å². The number of nitrogens with zero attached hydrogens (tertiary/aromatic N) is 3. The standard InChI is InChI=1S/C24H30N4O5/c1-4-25-24(31)22-21(20-10-15(26-32-20)13-28-8-6-5-7-9-28)23(33-27-22)17-11-16(14(2)3)18(29)12-19(17)30/h10-12,14,29-30H,4-9,13H2,1-3H3,(H,25,31). The zero-order valence-electron chi connectivity index (χ0n) is 19.2. The predicted octanol–water partition coefficient (Wildman–Crippen LogP) is 4.27. The molecule has 0 bridgehead atoms. The van der Waals surface area contributed by atoms with Crippen LogP contribution in [0.1, 0.15) is 67.7 Å². The Labute approximate surface area is 192 Å². The Hall–Kier alpha value is -3.33. The number of phenolic OH excluding ortho intramolecular Hbond substituents is 2. The van der Waals surface area contributed by atoms with Crippen molar-refractivity contribution in [3.8, 4) is 34.1 Å². The molecule has 1 aromatic carbocycles. The molecule has 1 fully saturated rings. The van der Waals surface area contributed by atoms with E-state index in [2.05, 4.69) is 20.5 Å². The van der Waals surface area contributed by atoms with Crippen molar-refractivity contribution in [1.29, 1.82) is 0 Å². The smallest absolute Gasteiger partial charge is 0.274 e. The van der Waals surface area contributed by atoms with Crippen LogP contribution < -0.4 is 5.32 Å². The Bertz CT molecular complexity index is 1130. The Morgan fingerprint density at radius 1 is 1.09 bits per heavy atom. The minimum atomic E-state index is -0.418. The summed E-state index contributed by atoms with van der Waals surface area (Å²) in [6.07, 6.45) is 3.58. The van der Waals surface area contributed by atoms with Gasteiger partial charge in [0.15, 0.2) is 17.2 Å². The number of hydrogen-bond acceptors (Lipinski definition) is 8. The van der Waals surface area contributed by atoms with E-state index in [4.69, 9.17) is 9.05 Å². The number of likely N-dealkylation sites (tertiary alicyclic amines) is 1. The van der Waals surface area contributed by atoms with Crippen molar-refractivity contribution in [1.82, 2.24) is 20.5 Å². The molecule has 0 spiro atoms. The van der Waals surface area contributed by atoms with Gasteiger partial charge in [-0.2, -0.15) is 0 Å². The third-order valence-corrected chi connectivity index (χ3v) is 5.90. The molecule has 1 amide bonds. The number of carbonyl (C=O) groups is 1. The first kappa shape index (κ1) is 22.8. The van der Waals surface area contributed by atoms with E-state index in [0.717, 1.165) is 18.8 Å². The molecular formula is C24H30N4O5. The van der Waals surface area contributed by atoms with E-state index in [1.54, 1.807) is 12.1 Å². The van der Waals surface area contributed by atoms with Crippen LogP contribution in [-0.4, -0.2) is 51.0 Å². The molecule has 176 valence electrons. The van der Waals surface area contributed by atoms with Crippen LogP contribution >= 0.6 is 0 Å². The number of nitrogens with one attached hydrogen (secondary N) is 1. The van der Waals surface area contributed by atoms with E-state index < -0.39 is 5.91 Å².